The highest BCUT2D eigenvalue weighted by molar-refractivity contribution is 9.11. The molecular formula is C22H28Br2Cl2N2O. The molecule has 1 heterocycles. The minimum atomic E-state index is 0. The largest absolute Gasteiger partial charge is 0.372 e. The molecule has 1 fully saturated rings. The van der Waals surface area contributed by atoms with Gasteiger partial charge in [0.15, 0.2) is 0 Å². The zero-order chi connectivity index (χ0) is 18.6. The Labute approximate surface area is 203 Å². The number of hydrogen-bond donors (Lipinski definition) is 1. The van der Waals surface area contributed by atoms with E-state index in [1.54, 1.807) is 0 Å². The molecule has 0 bridgehead atoms. The van der Waals surface area contributed by atoms with Crippen LogP contribution < -0.4 is 5.32 Å². The summed E-state index contributed by atoms with van der Waals surface area (Å²) in [5.74, 6) is 0. The van der Waals surface area contributed by atoms with Crippen LogP contribution >= 0.6 is 56.7 Å². The lowest BCUT2D eigenvalue weighted by Crippen LogP contribution is -2.48. The molecule has 160 valence electrons. The Morgan fingerprint density at radius 3 is 2.41 bits per heavy atom. The molecule has 1 aliphatic heterocycles. The van der Waals surface area contributed by atoms with Gasteiger partial charge in [-0.15, -0.1) is 24.8 Å². The number of ether oxygens (including phenoxy) is 1. The quantitative estimate of drug-likeness (QED) is 0.465. The van der Waals surface area contributed by atoms with Crippen molar-refractivity contribution in [2.75, 3.05) is 26.2 Å². The fourth-order valence-electron chi connectivity index (χ4n) is 4.37. The molecule has 4 rings (SSSR count). The first kappa shape index (κ1) is 25.1. The van der Waals surface area contributed by atoms with Gasteiger partial charge >= 0.3 is 0 Å². The molecule has 2 aromatic carbocycles. The van der Waals surface area contributed by atoms with Gasteiger partial charge in [-0.1, -0.05) is 56.1 Å². The number of hydrogen-bond acceptors (Lipinski definition) is 3. The van der Waals surface area contributed by atoms with E-state index in [0.29, 0.717) is 12.6 Å². The number of benzene rings is 2. The molecule has 7 heteroatoms. The van der Waals surface area contributed by atoms with Gasteiger partial charge in [0.2, 0.25) is 0 Å². The summed E-state index contributed by atoms with van der Waals surface area (Å²) in [4.78, 5) is 2.63. The van der Waals surface area contributed by atoms with Crippen LogP contribution in [0, 0.1) is 0 Å². The third kappa shape index (κ3) is 6.42. The molecule has 29 heavy (non-hydrogen) atoms. The van der Waals surface area contributed by atoms with Crippen molar-refractivity contribution >= 4 is 56.7 Å². The van der Waals surface area contributed by atoms with Crippen molar-refractivity contribution in [3.63, 3.8) is 0 Å². The highest BCUT2D eigenvalue weighted by Gasteiger charge is 2.33. The molecule has 2 atom stereocenters. The second-order valence-electron chi connectivity index (χ2n) is 7.45. The Kier molecular flexibility index (Phi) is 10.4. The minimum absolute atomic E-state index is 0. The van der Waals surface area contributed by atoms with Crippen molar-refractivity contribution < 1.29 is 4.74 Å². The van der Waals surface area contributed by atoms with E-state index in [1.165, 1.54) is 23.1 Å². The van der Waals surface area contributed by atoms with Crippen molar-refractivity contribution in [2.24, 2.45) is 0 Å². The lowest BCUT2D eigenvalue weighted by Gasteiger charge is -2.39. The van der Waals surface area contributed by atoms with Crippen molar-refractivity contribution in [1.82, 2.24) is 10.2 Å². The molecule has 3 nitrogen and oxygen atoms in total. The summed E-state index contributed by atoms with van der Waals surface area (Å²) in [6.45, 7) is 4.93. The van der Waals surface area contributed by atoms with Crippen LogP contribution in [0.5, 0.6) is 0 Å². The van der Waals surface area contributed by atoms with Crippen LogP contribution in [-0.2, 0) is 17.8 Å². The van der Waals surface area contributed by atoms with Crippen LogP contribution in [0.15, 0.2) is 51.4 Å². The van der Waals surface area contributed by atoms with Gasteiger partial charge in [0, 0.05) is 35.1 Å². The van der Waals surface area contributed by atoms with E-state index >= 15 is 0 Å². The van der Waals surface area contributed by atoms with Gasteiger partial charge in [-0.25, -0.2) is 0 Å². The number of halogens is 4. The smallest absolute Gasteiger partial charge is 0.0776 e. The topological polar surface area (TPSA) is 24.5 Å². The first-order chi connectivity index (χ1) is 13.2. The van der Waals surface area contributed by atoms with Crippen LogP contribution in [0.2, 0.25) is 0 Å². The van der Waals surface area contributed by atoms with Crippen LogP contribution in [0.4, 0.5) is 0 Å². The molecule has 0 spiro atoms. The lowest BCUT2D eigenvalue weighted by molar-refractivity contribution is -0.0320. The predicted molar refractivity (Wildman–Crippen MR) is 131 cm³/mol. The maximum Gasteiger partial charge on any atom is 0.0776 e. The molecular weight excluding hydrogens is 539 g/mol. The summed E-state index contributed by atoms with van der Waals surface area (Å²) >= 11 is 7.17. The molecule has 1 aliphatic carbocycles. The van der Waals surface area contributed by atoms with Gasteiger partial charge < -0.3 is 10.1 Å². The Balaban J connectivity index is 0.00000150. The molecule has 1 saturated heterocycles. The Morgan fingerprint density at radius 1 is 1.00 bits per heavy atom. The van der Waals surface area contributed by atoms with E-state index < -0.39 is 0 Å². The molecule has 0 unspecified atom stereocenters. The summed E-state index contributed by atoms with van der Waals surface area (Å²) in [5, 5.41) is 3.49. The normalized spacial score (nSPS) is 22.0. The van der Waals surface area contributed by atoms with Crippen molar-refractivity contribution in [1.29, 1.82) is 0 Å². The highest BCUT2D eigenvalue weighted by atomic mass is 79.9. The molecule has 0 amide bonds. The summed E-state index contributed by atoms with van der Waals surface area (Å²) in [7, 11) is 0. The van der Waals surface area contributed by atoms with E-state index in [2.05, 4.69) is 84.5 Å². The van der Waals surface area contributed by atoms with E-state index in [1.807, 2.05) is 0 Å². The lowest BCUT2D eigenvalue weighted by atomic mass is 9.95. The Bertz CT molecular complexity index is 767. The number of nitrogens with one attached hydrogen (secondary N) is 1. The van der Waals surface area contributed by atoms with Crippen LogP contribution in [0.3, 0.4) is 0 Å². The molecule has 1 N–H and O–H groups in total. The summed E-state index contributed by atoms with van der Waals surface area (Å²) in [6.07, 6.45) is 3.68. The SMILES string of the molecule is Brc1cc(Br)cc(CO[C@@H]2CCCc3ccccc3[C@H]2N2CCNCC2)c1.Cl.Cl. The van der Waals surface area contributed by atoms with Gasteiger partial charge in [-0.05, 0) is 54.2 Å². The summed E-state index contributed by atoms with van der Waals surface area (Å²) in [6, 6.07) is 15.7. The standard InChI is InChI=1S/C22H26Br2N2O.2ClH/c23-18-12-16(13-19(24)14-18)15-27-21-7-3-5-17-4-1-2-6-20(17)22(21)26-10-8-25-9-11-26;;/h1-2,4,6,12-14,21-22,25H,3,5,7-11,15H2;2*1H/t21-,22-;;/m1../s1. The molecule has 2 aliphatic rings. The first-order valence-corrected chi connectivity index (χ1v) is 11.4. The van der Waals surface area contributed by atoms with Gasteiger partial charge in [0.1, 0.15) is 0 Å². The number of piperazine rings is 1. The fourth-order valence-corrected chi connectivity index (χ4v) is 5.75. The van der Waals surface area contributed by atoms with E-state index in [0.717, 1.165) is 48.0 Å². The zero-order valence-corrected chi connectivity index (χ0v) is 21.1. The van der Waals surface area contributed by atoms with Crippen molar-refractivity contribution in [3.8, 4) is 0 Å². The maximum absolute atomic E-state index is 6.58. The van der Waals surface area contributed by atoms with Gasteiger partial charge in [0.05, 0.1) is 18.8 Å². The minimum Gasteiger partial charge on any atom is -0.372 e. The third-order valence-electron chi connectivity index (χ3n) is 5.59. The monoisotopic (exact) mass is 564 g/mol. The summed E-state index contributed by atoms with van der Waals surface area (Å²) in [5.41, 5.74) is 4.17. The Hall–Kier alpha value is -0.140. The van der Waals surface area contributed by atoms with Crippen LogP contribution in [-0.4, -0.2) is 37.2 Å². The van der Waals surface area contributed by atoms with Crippen molar-refractivity contribution in [2.45, 2.75) is 38.0 Å². The number of rotatable bonds is 4. The Morgan fingerprint density at radius 2 is 1.69 bits per heavy atom. The molecule has 0 aromatic heterocycles. The molecule has 0 radical (unpaired) electrons. The second kappa shape index (κ2) is 12.0. The molecule has 2 aromatic rings. The number of aryl methyl sites for hydroxylation is 1. The maximum atomic E-state index is 6.58. The van der Waals surface area contributed by atoms with Crippen LogP contribution in [0.25, 0.3) is 0 Å². The third-order valence-corrected chi connectivity index (χ3v) is 6.51. The number of fused-ring (bicyclic) bond motifs is 1. The second-order valence-corrected chi connectivity index (χ2v) is 9.28. The first-order valence-electron chi connectivity index (χ1n) is 9.80. The fraction of sp³-hybridized carbons (Fsp3) is 0.455. The predicted octanol–water partition coefficient (Wildman–Crippen LogP) is 5.92. The average molecular weight is 567 g/mol. The average Bonchev–Trinajstić information content (AvgIpc) is 2.85. The number of nitrogens with zero attached hydrogens (tertiary/aromatic N) is 1. The zero-order valence-electron chi connectivity index (χ0n) is 16.3. The van der Waals surface area contributed by atoms with Gasteiger partial charge in [0.25, 0.3) is 0 Å². The van der Waals surface area contributed by atoms with Crippen LogP contribution in [0.1, 0.15) is 35.6 Å². The molecule has 0 saturated carbocycles. The van der Waals surface area contributed by atoms with Crippen molar-refractivity contribution in [3.05, 3.63) is 68.1 Å². The highest BCUT2D eigenvalue weighted by Crippen LogP contribution is 2.36. The summed E-state index contributed by atoms with van der Waals surface area (Å²) < 4.78 is 8.75. The van der Waals surface area contributed by atoms with E-state index in [-0.39, 0.29) is 30.9 Å². The van der Waals surface area contributed by atoms with E-state index in [4.69, 9.17) is 4.74 Å². The van der Waals surface area contributed by atoms with E-state index in [9.17, 15) is 0 Å². The van der Waals surface area contributed by atoms with Gasteiger partial charge in [-0.3, -0.25) is 4.90 Å². The van der Waals surface area contributed by atoms with Gasteiger partial charge in [-0.2, -0.15) is 0 Å².